The van der Waals surface area contributed by atoms with Gasteiger partial charge in [0, 0.05) is 46.9 Å². The molecule has 0 unspecified atom stereocenters. The fourth-order valence-corrected chi connectivity index (χ4v) is 4.42. The second kappa shape index (κ2) is 9.27. The van der Waals surface area contributed by atoms with Crippen molar-refractivity contribution in [3.05, 3.63) is 79.1 Å². The molecule has 0 aliphatic rings. The lowest BCUT2D eigenvalue weighted by molar-refractivity contribution is -0.116. The molecule has 0 aliphatic heterocycles. The molecule has 1 aromatic carbocycles. The first-order valence-corrected chi connectivity index (χ1v) is 11.9. The summed E-state index contributed by atoms with van der Waals surface area (Å²) in [5.74, 6) is -0.321. The van der Waals surface area contributed by atoms with Crippen molar-refractivity contribution >= 4 is 33.7 Å². The number of aromatic nitrogens is 6. The first kappa shape index (κ1) is 22.5. The molecule has 1 amide bonds. The van der Waals surface area contributed by atoms with Crippen molar-refractivity contribution < 1.29 is 9.18 Å². The zero-order valence-electron chi connectivity index (χ0n) is 19.9. The fourth-order valence-electron chi connectivity index (χ4n) is 4.42. The number of nitrogens with one attached hydrogen (secondary N) is 3. The van der Waals surface area contributed by atoms with E-state index in [0.29, 0.717) is 29.1 Å². The molecule has 6 rings (SSSR count). The summed E-state index contributed by atoms with van der Waals surface area (Å²) in [6.07, 6.45) is 8.07. The van der Waals surface area contributed by atoms with E-state index in [-0.39, 0.29) is 11.7 Å². The number of hydrogen-bond donors (Lipinski definition) is 3. The molecule has 182 valence electrons. The molecule has 0 saturated carbocycles. The van der Waals surface area contributed by atoms with Crippen molar-refractivity contribution in [2.75, 3.05) is 5.32 Å². The molecule has 0 bridgehead atoms. The van der Waals surface area contributed by atoms with Crippen LogP contribution in [0.15, 0.2) is 73.3 Å². The molecule has 6 aromatic rings. The second-order valence-electron chi connectivity index (χ2n) is 8.76. The monoisotopic (exact) mass is 491 g/mol. The van der Waals surface area contributed by atoms with Gasteiger partial charge in [-0.2, -0.15) is 5.10 Å². The van der Waals surface area contributed by atoms with E-state index in [1.165, 1.54) is 12.1 Å². The van der Waals surface area contributed by atoms with Gasteiger partial charge in [0.25, 0.3) is 0 Å². The van der Waals surface area contributed by atoms with E-state index < -0.39 is 0 Å². The molecule has 0 radical (unpaired) electrons. The highest BCUT2D eigenvalue weighted by atomic mass is 19.1. The van der Waals surface area contributed by atoms with Crippen molar-refractivity contribution in [2.24, 2.45) is 0 Å². The molecule has 0 saturated heterocycles. The van der Waals surface area contributed by atoms with E-state index >= 15 is 0 Å². The van der Waals surface area contributed by atoms with Crippen LogP contribution in [-0.4, -0.2) is 36.0 Å². The molecule has 0 atom stereocenters. The van der Waals surface area contributed by atoms with Crippen molar-refractivity contribution in [2.45, 2.75) is 19.8 Å². The number of anilines is 1. The average molecular weight is 492 g/mol. The van der Waals surface area contributed by atoms with E-state index in [2.05, 4.69) is 35.5 Å². The van der Waals surface area contributed by atoms with Crippen molar-refractivity contribution in [3.63, 3.8) is 0 Å². The van der Waals surface area contributed by atoms with Gasteiger partial charge in [0.05, 0.1) is 17.6 Å². The maximum atomic E-state index is 13.5. The summed E-state index contributed by atoms with van der Waals surface area (Å²) >= 11 is 0. The molecule has 3 N–H and O–H groups in total. The molecule has 5 aromatic heterocycles. The number of amides is 1. The zero-order valence-corrected chi connectivity index (χ0v) is 19.9. The molecule has 0 spiro atoms. The average Bonchev–Trinajstić information content (AvgIpc) is 3.53. The number of hydrogen-bond acceptors (Lipinski definition) is 5. The summed E-state index contributed by atoms with van der Waals surface area (Å²) in [4.78, 5) is 28.7. The second-order valence-corrected chi connectivity index (χ2v) is 8.76. The van der Waals surface area contributed by atoms with Gasteiger partial charge in [0.2, 0.25) is 5.91 Å². The van der Waals surface area contributed by atoms with Gasteiger partial charge in [-0.25, -0.2) is 14.4 Å². The minimum Gasteiger partial charge on any atom is -0.338 e. The Balaban J connectivity index is 1.40. The molecule has 0 fully saturated rings. The largest absolute Gasteiger partial charge is 0.338 e. The number of halogens is 1. The topological polar surface area (TPSA) is 112 Å². The molecular weight excluding hydrogens is 469 g/mol. The number of H-pyrrole nitrogens is 2. The van der Waals surface area contributed by atoms with E-state index in [4.69, 9.17) is 0 Å². The maximum absolute atomic E-state index is 13.5. The Morgan fingerprint density at radius 3 is 2.59 bits per heavy atom. The molecule has 37 heavy (non-hydrogen) atoms. The van der Waals surface area contributed by atoms with Gasteiger partial charge >= 0.3 is 0 Å². The van der Waals surface area contributed by atoms with Crippen LogP contribution in [0.3, 0.4) is 0 Å². The van der Waals surface area contributed by atoms with Crippen LogP contribution in [-0.2, 0) is 4.79 Å². The summed E-state index contributed by atoms with van der Waals surface area (Å²) in [5.41, 5.74) is 6.98. The minimum atomic E-state index is -0.279. The molecule has 9 heteroatoms. The Bertz CT molecular complexity index is 1750. The van der Waals surface area contributed by atoms with Gasteiger partial charge in [-0.05, 0) is 53.9 Å². The Morgan fingerprint density at radius 2 is 1.76 bits per heavy atom. The number of pyridine rings is 3. The smallest absolute Gasteiger partial charge is 0.224 e. The number of aromatic amines is 2. The third-order valence-corrected chi connectivity index (χ3v) is 6.19. The number of carbonyl (C=O) groups is 1. The zero-order chi connectivity index (χ0) is 25.4. The Labute approximate surface area is 211 Å². The lowest BCUT2D eigenvalue weighted by Crippen LogP contribution is -2.10. The number of carbonyl (C=O) groups excluding carboxylic acids is 1. The highest BCUT2D eigenvalue weighted by Crippen LogP contribution is 2.34. The van der Waals surface area contributed by atoms with Crippen molar-refractivity contribution in [1.82, 2.24) is 30.1 Å². The normalized spacial score (nSPS) is 11.3. The van der Waals surface area contributed by atoms with Crippen LogP contribution in [0.4, 0.5) is 10.1 Å². The van der Waals surface area contributed by atoms with E-state index in [0.717, 1.165) is 45.1 Å². The number of nitrogens with zero attached hydrogens (tertiary/aromatic N) is 4. The molecule has 8 nitrogen and oxygen atoms in total. The molecule has 5 heterocycles. The van der Waals surface area contributed by atoms with Crippen LogP contribution in [0, 0.1) is 5.82 Å². The van der Waals surface area contributed by atoms with Crippen molar-refractivity contribution in [1.29, 1.82) is 0 Å². The highest BCUT2D eigenvalue weighted by molar-refractivity contribution is 6.00. The standard InChI is InChI=1S/C28H22FN7O/c1-2-3-25(37)33-20-10-17(13-30-15-20)18-11-23-26(35-36-28(23)32-14-18)24-12-22-21(8-9-31-27(22)34-24)16-4-6-19(29)7-5-16/h4-15H,2-3H2,1H3,(H,31,34)(H,33,37)(H,32,35,36). The van der Waals surface area contributed by atoms with Gasteiger partial charge in [-0.15, -0.1) is 0 Å². The summed E-state index contributed by atoms with van der Waals surface area (Å²) in [5, 5.41) is 12.1. The quantitative estimate of drug-likeness (QED) is 0.260. The van der Waals surface area contributed by atoms with Gasteiger partial charge in [0.1, 0.15) is 17.2 Å². The van der Waals surface area contributed by atoms with E-state index in [9.17, 15) is 9.18 Å². The van der Waals surface area contributed by atoms with Gasteiger partial charge in [0.15, 0.2) is 5.65 Å². The predicted molar refractivity (Wildman–Crippen MR) is 141 cm³/mol. The summed E-state index contributed by atoms with van der Waals surface area (Å²) in [7, 11) is 0. The van der Waals surface area contributed by atoms with Crippen LogP contribution < -0.4 is 5.32 Å². The van der Waals surface area contributed by atoms with Crippen LogP contribution in [0.25, 0.3) is 55.7 Å². The van der Waals surface area contributed by atoms with Crippen LogP contribution in [0.1, 0.15) is 19.8 Å². The number of rotatable bonds is 6. The third-order valence-electron chi connectivity index (χ3n) is 6.19. The molecular formula is C28H22FN7O. The fraction of sp³-hybridized carbons (Fsp3) is 0.107. The Hall–Kier alpha value is -4.92. The van der Waals surface area contributed by atoms with Crippen LogP contribution in [0.5, 0.6) is 0 Å². The van der Waals surface area contributed by atoms with Gasteiger partial charge < -0.3 is 10.3 Å². The van der Waals surface area contributed by atoms with E-state index in [1.807, 2.05) is 31.2 Å². The SMILES string of the molecule is CCCC(=O)Nc1cncc(-c2cnc3[nH]nc(-c4cc5c(-c6ccc(F)cc6)ccnc5[nH]4)c3c2)c1. The number of benzene rings is 1. The Kier molecular flexibility index (Phi) is 5.65. The first-order chi connectivity index (χ1) is 18.1. The summed E-state index contributed by atoms with van der Waals surface area (Å²) in [6.45, 7) is 1.96. The predicted octanol–water partition coefficient (Wildman–Crippen LogP) is 6.11. The lowest BCUT2D eigenvalue weighted by atomic mass is 10.0. The Morgan fingerprint density at radius 1 is 0.919 bits per heavy atom. The molecule has 0 aliphatic carbocycles. The lowest BCUT2D eigenvalue weighted by Gasteiger charge is -2.07. The summed E-state index contributed by atoms with van der Waals surface area (Å²) in [6, 6.07) is 14.2. The van der Waals surface area contributed by atoms with Crippen molar-refractivity contribution in [3.8, 4) is 33.6 Å². The minimum absolute atomic E-state index is 0.0421. The maximum Gasteiger partial charge on any atom is 0.224 e. The first-order valence-electron chi connectivity index (χ1n) is 11.9. The highest BCUT2D eigenvalue weighted by Gasteiger charge is 2.16. The number of fused-ring (bicyclic) bond motifs is 2. The van der Waals surface area contributed by atoms with Crippen LogP contribution >= 0.6 is 0 Å². The van der Waals surface area contributed by atoms with E-state index in [1.54, 1.807) is 36.9 Å². The third kappa shape index (κ3) is 4.31. The van der Waals surface area contributed by atoms with Crippen LogP contribution in [0.2, 0.25) is 0 Å². The van der Waals surface area contributed by atoms with Gasteiger partial charge in [-0.1, -0.05) is 19.1 Å². The van der Waals surface area contributed by atoms with Gasteiger partial charge in [-0.3, -0.25) is 14.9 Å². The summed E-state index contributed by atoms with van der Waals surface area (Å²) < 4.78 is 13.5.